The Labute approximate surface area is 183 Å². The molecule has 2 aromatic rings. The Bertz CT molecular complexity index is 798. The van der Waals surface area contributed by atoms with Gasteiger partial charge in [-0.2, -0.15) is 0 Å². The Hall–Kier alpha value is -2.06. The highest BCUT2D eigenvalue weighted by atomic mass is 16.8. The molecule has 0 spiro atoms. The van der Waals surface area contributed by atoms with Crippen LogP contribution in [0.3, 0.4) is 0 Å². The molecule has 2 fully saturated rings. The number of hydrogen-bond acceptors (Lipinski definition) is 6. The number of fused-ring (bicyclic) bond motifs is 1. The predicted molar refractivity (Wildman–Crippen MR) is 115 cm³/mol. The maximum Gasteiger partial charge on any atom is 0.186 e. The molecular formula is C25H30O6. The van der Waals surface area contributed by atoms with E-state index >= 15 is 0 Å². The van der Waals surface area contributed by atoms with Crippen LogP contribution < -0.4 is 0 Å². The lowest BCUT2D eigenvalue weighted by Gasteiger charge is -2.47. The molecule has 2 aliphatic rings. The lowest BCUT2D eigenvalue weighted by atomic mass is 9.97. The summed E-state index contributed by atoms with van der Waals surface area (Å²) in [7, 11) is 0. The Morgan fingerprint density at radius 3 is 2.48 bits per heavy atom. The molecule has 166 valence electrons. The molecule has 0 aromatic heterocycles. The number of ether oxygens (including phenoxy) is 5. The molecule has 0 bridgehead atoms. The number of aliphatic hydroxyl groups is 1. The maximum atomic E-state index is 11.0. The topological polar surface area (TPSA) is 66.4 Å². The number of hydrogen-bond donors (Lipinski definition) is 1. The molecule has 0 amide bonds. The summed E-state index contributed by atoms with van der Waals surface area (Å²) in [6.45, 7) is 4.87. The molecule has 6 nitrogen and oxygen atoms in total. The van der Waals surface area contributed by atoms with E-state index < -0.39 is 37.0 Å². The summed E-state index contributed by atoms with van der Waals surface area (Å²) >= 11 is 0. The van der Waals surface area contributed by atoms with Gasteiger partial charge in [-0.05, 0) is 18.4 Å². The predicted octanol–water partition coefficient (Wildman–Crippen LogP) is 3.75. The fourth-order valence-corrected chi connectivity index (χ4v) is 3.86. The Kier molecular flexibility index (Phi) is 7.86. The van der Waals surface area contributed by atoms with Crippen LogP contribution in [0, 0.1) is 0 Å². The molecule has 6 atom stereocenters. The van der Waals surface area contributed by atoms with Crippen molar-refractivity contribution in [3.63, 3.8) is 0 Å². The SMILES string of the molecule is C=CCCCO[C@@H]1O[C@@H]2CO[C@@H](c3ccccc3)O[C@H]2[C@H](OCc2ccccc2)[C@H]1O. The van der Waals surface area contributed by atoms with Crippen molar-refractivity contribution in [2.45, 2.75) is 56.4 Å². The third-order valence-electron chi connectivity index (χ3n) is 5.50. The number of allylic oxidation sites excluding steroid dienone is 1. The van der Waals surface area contributed by atoms with Crippen molar-refractivity contribution < 1.29 is 28.8 Å². The van der Waals surface area contributed by atoms with Crippen LogP contribution in [0.5, 0.6) is 0 Å². The summed E-state index contributed by atoms with van der Waals surface area (Å²) in [4.78, 5) is 0. The molecule has 0 aliphatic carbocycles. The van der Waals surface area contributed by atoms with E-state index in [1.54, 1.807) is 0 Å². The zero-order valence-electron chi connectivity index (χ0n) is 17.5. The Morgan fingerprint density at radius 1 is 1.00 bits per heavy atom. The summed E-state index contributed by atoms with van der Waals surface area (Å²) in [5.41, 5.74) is 1.94. The quantitative estimate of drug-likeness (QED) is 0.487. The molecule has 1 N–H and O–H groups in total. The van der Waals surface area contributed by atoms with Crippen molar-refractivity contribution >= 4 is 0 Å². The smallest absolute Gasteiger partial charge is 0.186 e. The first-order chi connectivity index (χ1) is 15.3. The van der Waals surface area contributed by atoms with Crippen LogP contribution in [0.15, 0.2) is 73.3 Å². The van der Waals surface area contributed by atoms with Gasteiger partial charge in [0, 0.05) is 5.56 Å². The van der Waals surface area contributed by atoms with Gasteiger partial charge in [0.25, 0.3) is 0 Å². The summed E-state index contributed by atoms with van der Waals surface area (Å²) in [6, 6.07) is 19.6. The van der Waals surface area contributed by atoms with Gasteiger partial charge in [0.2, 0.25) is 0 Å². The van der Waals surface area contributed by atoms with E-state index in [9.17, 15) is 5.11 Å². The molecule has 0 unspecified atom stereocenters. The molecule has 0 radical (unpaired) electrons. The molecule has 31 heavy (non-hydrogen) atoms. The third-order valence-corrected chi connectivity index (χ3v) is 5.50. The van der Waals surface area contributed by atoms with Crippen molar-refractivity contribution in [2.75, 3.05) is 13.2 Å². The Morgan fingerprint density at radius 2 is 1.74 bits per heavy atom. The maximum absolute atomic E-state index is 11.0. The zero-order valence-corrected chi connectivity index (χ0v) is 17.5. The number of unbranched alkanes of at least 4 members (excludes halogenated alkanes) is 1. The van der Waals surface area contributed by atoms with Gasteiger partial charge in [-0.25, -0.2) is 0 Å². The fraction of sp³-hybridized carbons (Fsp3) is 0.440. The van der Waals surface area contributed by atoms with Gasteiger partial charge < -0.3 is 28.8 Å². The molecule has 2 heterocycles. The summed E-state index contributed by atoms with van der Waals surface area (Å²) in [5.74, 6) is 0. The average molecular weight is 427 g/mol. The first-order valence-corrected chi connectivity index (χ1v) is 10.8. The van der Waals surface area contributed by atoms with Gasteiger partial charge in [-0.15, -0.1) is 6.58 Å². The van der Waals surface area contributed by atoms with E-state index in [1.165, 1.54) is 0 Å². The van der Waals surface area contributed by atoms with Crippen LogP contribution in [0.1, 0.15) is 30.3 Å². The minimum Gasteiger partial charge on any atom is -0.385 e. The van der Waals surface area contributed by atoms with Crippen LogP contribution in [-0.4, -0.2) is 49.0 Å². The second kappa shape index (κ2) is 11.0. The monoisotopic (exact) mass is 426 g/mol. The number of benzene rings is 2. The average Bonchev–Trinajstić information content (AvgIpc) is 2.82. The van der Waals surface area contributed by atoms with E-state index in [0.29, 0.717) is 19.8 Å². The molecule has 6 heteroatoms. The van der Waals surface area contributed by atoms with E-state index in [0.717, 1.165) is 24.0 Å². The van der Waals surface area contributed by atoms with Crippen LogP contribution in [-0.2, 0) is 30.3 Å². The van der Waals surface area contributed by atoms with Crippen molar-refractivity contribution in [3.8, 4) is 0 Å². The van der Waals surface area contributed by atoms with Crippen LogP contribution in [0.2, 0.25) is 0 Å². The summed E-state index contributed by atoms with van der Waals surface area (Å²) < 4.78 is 30.2. The largest absolute Gasteiger partial charge is 0.385 e. The molecule has 2 aromatic carbocycles. The third kappa shape index (κ3) is 5.60. The van der Waals surface area contributed by atoms with Gasteiger partial charge >= 0.3 is 0 Å². The van der Waals surface area contributed by atoms with Gasteiger partial charge in [0.1, 0.15) is 24.4 Å². The highest BCUT2D eigenvalue weighted by Gasteiger charge is 2.50. The van der Waals surface area contributed by atoms with Crippen LogP contribution in [0.4, 0.5) is 0 Å². The van der Waals surface area contributed by atoms with E-state index in [-0.39, 0.29) is 0 Å². The standard InChI is InChI=1S/C25H30O6/c1-2-3-10-15-27-25-21(26)23(28-16-18-11-6-4-7-12-18)22-20(30-25)17-29-24(31-22)19-13-8-5-9-14-19/h2,4-9,11-14,20-26H,1,3,10,15-17H2/t20-,21-,22-,23-,24-,25-/m1/s1. The number of rotatable bonds is 9. The molecule has 0 saturated carbocycles. The van der Waals surface area contributed by atoms with E-state index in [4.69, 9.17) is 23.7 Å². The summed E-state index contributed by atoms with van der Waals surface area (Å²) in [5, 5.41) is 11.0. The molecule has 2 saturated heterocycles. The van der Waals surface area contributed by atoms with Gasteiger partial charge in [0.05, 0.1) is 19.8 Å². The number of aliphatic hydroxyl groups excluding tert-OH is 1. The minimum atomic E-state index is -0.983. The van der Waals surface area contributed by atoms with E-state index in [2.05, 4.69) is 6.58 Å². The van der Waals surface area contributed by atoms with Crippen LogP contribution in [0.25, 0.3) is 0 Å². The Balaban J connectivity index is 1.47. The van der Waals surface area contributed by atoms with Crippen molar-refractivity contribution in [3.05, 3.63) is 84.4 Å². The van der Waals surface area contributed by atoms with Crippen molar-refractivity contribution in [2.24, 2.45) is 0 Å². The second-order valence-corrected chi connectivity index (χ2v) is 7.77. The normalized spacial score (nSPS) is 30.5. The van der Waals surface area contributed by atoms with Crippen molar-refractivity contribution in [1.82, 2.24) is 0 Å². The fourth-order valence-electron chi connectivity index (χ4n) is 3.86. The van der Waals surface area contributed by atoms with Gasteiger partial charge in [-0.1, -0.05) is 66.7 Å². The highest BCUT2D eigenvalue weighted by molar-refractivity contribution is 5.17. The minimum absolute atomic E-state index is 0.328. The summed E-state index contributed by atoms with van der Waals surface area (Å²) in [6.07, 6.45) is -0.314. The zero-order chi connectivity index (χ0) is 21.5. The van der Waals surface area contributed by atoms with Gasteiger partial charge in [-0.3, -0.25) is 0 Å². The highest BCUT2D eigenvalue weighted by Crippen LogP contribution is 2.36. The first-order valence-electron chi connectivity index (χ1n) is 10.8. The lowest BCUT2D eigenvalue weighted by molar-refractivity contribution is -0.366. The van der Waals surface area contributed by atoms with E-state index in [1.807, 2.05) is 66.7 Å². The lowest BCUT2D eigenvalue weighted by Crippen LogP contribution is -2.63. The molecular weight excluding hydrogens is 396 g/mol. The first kappa shape index (κ1) is 22.1. The second-order valence-electron chi connectivity index (χ2n) is 7.77. The molecule has 4 rings (SSSR count). The van der Waals surface area contributed by atoms with Crippen LogP contribution >= 0.6 is 0 Å². The molecule has 2 aliphatic heterocycles. The van der Waals surface area contributed by atoms with Crippen molar-refractivity contribution in [1.29, 1.82) is 0 Å². The van der Waals surface area contributed by atoms with Gasteiger partial charge in [0.15, 0.2) is 12.6 Å².